The van der Waals surface area contributed by atoms with Gasteiger partial charge in [-0.05, 0) is 85.9 Å². The molecule has 1 unspecified atom stereocenters. The van der Waals surface area contributed by atoms with Crippen LogP contribution in [-0.2, 0) is 68.7 Å². The molecule has 11 atom stereocenters. The number of carbonyl (C=O) groups excluding carboxylic acids is 10. The Morgan fingerprint density at radius 1 is 0.798 bits per heavy atom. The zero-order valence-electron chi connectivity index (χ0n) is 47.2. The first-order valence-electron chi connectivity index (χ1n) is 28.1. The van der Waals surface area contributed by atoms with E-state index < -0.39 is 170 Å². The van der Waals surface area contributed by atoms with Gasteiger partial charge in [-0.1, -0.05) is 74.9 Å². The summed E-state index contributed by atoms with van der Waals surface area (Å²) >= 11 is 0. The molecule has 2 aliphatic heterocycles. The molecule has 0 bridgehead atoms. The van der Waals surface area contributed by atoms with Crippen molar-refractivity contribution < 1.29 is 81.1 Å². The fraction of sp³-hybridized carbons (Fsp3) is 0.525. The largest absolute Gasteiger partial charge is 0.394 e. The number of ether oxygens (including phenoxy) is 3. The van der Waals surface area contributed by atoms with Gasteiger partial charge in [-0.15, -0.1) is 0 Å². The van der Waals surface area contributed by atoms with Crippen LogP contribution >= 0.6 is 0 Å². The van der Waals surface area contributed by atoms with E-state index in [1.54, 1.807) is 11.8 Å². The van der Waals surface area contributed by atoms with Gasteiger partial charge in [0.05, 0.1) is 63.8 Å². The first-order valence-corrected chi connectivity index (χ1v) is 28.1. The van der Waals surface area contributed by atoms with Crippen LogP contribution in [0.15, 0.2) is 72.3 Å². The van der Waals surface area contributed by atoms with E-state index in [1.165, 1.54) is 19.1 Å². The van der Waals surface area contributed by atoms with Crippen LogP contribution in [0, 0.1) is 22.7 Å². The number of carbonyl (C=O) groups is 10. The Labute approximate surface area is 483 Å². The highest BCUT2D eigenvalue weighted by molar-refractivity contribution is 6.02. The van der Waals surface area contributed by atoms with Gasteiger partial charge in [0.2, 0.25) is 47.3 Å². The Hall–Kier alpha value is -7.58. The van der Waals surface area contributed by atoms with Crippen LogP contribution in [0.5, 0.6) is 0 Å². The number of amides is 8. The lowest BCUT2D eigenvalue weighted by molar-refractivity contribution is -0.235. The summed E-state index contributed by atoms with van der Waals surface area (Å²) in [6.07, 6.45) is 0.754. The van der Waals surface area contributed by atoms with Gasteiger partial charge in [0.1, 0.15) is 25.6 Å². The number of aliphatic hydroxyl groups is 2. The average molecular weight is 1170 g/mol. The van der Waals surface area contributed by atoms with E-state index in [0.29, 0.717) is 18.5 Å². The topological polar surface area (TPSA) is 326 Å². The number of nitrogens with zero attached hydrogens (tertiary/aromatic N) is 1. The summed E-state index contributed by atoms with van der Waals surface area (Å²) in [5.41, 5.74) is -2.64. The quantitative estimate of drug-likeness (QED) is 0.0549. The zero-order valence-corrected chi connectivity index (χ0v) is 47.2. The smallest absolute Gasteiger partial charge is 0.245 e. The highest BCUT2D eigenvalue weighted by Crippen LogP contribution is 2.72. The molecule has 25 heteroatoms. The highest BCUT2D eigenvalue weighted by atomic mass is 19.1. The molecule has 9 N–H and O–H groups in total. The number of hydrogen-bond donors (Lipinski definition) is 9. The Kier molecular flexibility index (Phi) is 19.4. The van der Waals surface area contributed by atoms with Gasteiger partial charge in [-0.3, -0.25) is 47.9 Å². The SMILES string of the molecule is CCCC1O[C@@H]2C[C@H]3[C@@H]4C[C@H](F)C5=CC(=O)C=C[C@]5(C)[C@@]4(F)[C@@H](O)C[C@]3(C)[C@]2(C(=O)COCNC(=O)CNC(=O)CNC(=O)CNC(=O)CNC(=O)CNC(=O)[C@H](CO)NC(=O)CCC(=O)N2Cc3ccccc3/C=C(/C)c3ccccc32)O1. The minimum Gasteiger partial charge on any atom is -0.394 e. The van der Waals surface area contributed by atoms with Gasteiger partial charge >= 0.3 is 0 Å². The number of benzene rings is 2. The predicted molar refractivity (Wildman–Crippen MR) is 296 cm³/mol. The standard InChI is InChI=1S/C59H72F2N8O15/c1-5-10-54-83-46-22-38-39-21-41(60)40-20-36(71)17-18-56(40,3)58(39,61)44(72)23-57(38,4)59(46,84-54)45(73)31-82-32-67-52(79)27-65-50(77)25-63-48(75)24-62-49(76)26-64-51(78)28-66-55(81)42(30-70)68-47(74)15-16-53(80)69-29-35-12-7-6-11-34(35)19-33(2)37-13-8-9-14-43(37)69/h6-9,11-14,17-20,38-39,41-42,44,46,54,70,72H,5,10,15-16,21-32H2,1-4H3,(H,62,76)(H,63,75)(H,64,78)(H,65,77)(H,66,81)(H,67,79)(H,68,74)/b33-19-/t38-,39-,41-,42-,44-,46+,54?,56-,57-,58-,59+/m0/s1. The Morgan fingerprint density at radius 2 is 1.42 bits per heavy atom. The van der Waals surface area contributed by atoms with Gasteiger partial charge in [-0.2, -0.15) is 0 Å². The fourth-order valence-corrected chi connectivity index (χ4v) is 13.1. The number of halogens is 2. The van der Waals surface area contributed by atoms with Gasteiger partial charge in [0, 0.05) is 35.2 Å². The number of allylic oxidation sites excluding steroid dienone is 5. The number of anilines is 1. The molecule has 1 saturated heterocycles. The normalized spacial score (nSPS) is 28.9. The summed E-state index contributed by atoms with van der Waals surface area (Å²) in [5.74, 6) is -8.74. The maximum absolute atomic E-state index is 17.8. The molecule has 23 nitrogen and oxygen atoms in total. The minimum atomic E-state index is -2.38. The van der Waals surface area contributed by atoms with Crippen molar-refractivity contribution in [1.82, 2.24) is 37.2 Å². The molecule has 8 amide bonds. The monoisotopic (exact) mass is 1170 g/mol. The Balaban J connectivity index is 0.698. The van der Waals surface area contributed by atoms with Crippen molar-refractivity contribution in [2.75, 3.05) is 57.6 Å². The van der Waals surface area contributed by atoms with Crippen molar-refractivity contribution in [3.05, 3.63) is 89.0 Å². The predicted octanol–water partition coefficient (Wildman–Crippen LogP) is 0.801. The third-order valence-corrected chi connectivity index (χ3v) is 17.2. The first-order chi connectivity index (χ1) is 40.0. The van der Waals surface area contributed by atoms with Crippen LogP contribution in [0.2, 0.25) is 0 Å². The number of alkyl halides is 2. The number of rotatable bonds is 23. The lowest BCUT2D eigenvalue weighted by Crippen LogP contribution is -2.71. The highest BCUT2D eigenvalue weighted by Gasteiger charge is 2.80. The molecule has 3 saturated carbocycles. The van der Waals surface area contributed by atoms with Gasteiger partial charge < -0.3 is 66.5 Å². The molecule has 0 spiro atoms. The summed E-state index contributed by atoms with van der Waals surface area (Å²) in [7, 11) is 0. The van der Waals surface area contributed by atoms with E-state index in [2.05, 4.69) is 43.3 Å². The number of hydrogen-bond acceptors (Lipinski definition) is 15. The van der Waals surface area contributed by atoms with Crippen molar-refractivity contribution in [2.24, 2.45) is 22.7 Å². The summed E-state index contributed by atoms with van der Waals surface area (Å²) in [6.45, 7) is 2.37. The van der Waals surface area contributed by atoms with E-state index in [9.17, 15) is 58.2 Å². The van der Waals surface area contributed by atoms with E-state index in [4.69, 9.17) is 14.2 Å². The Bertz CT molecular complexity index is 3050. The van der Waals surface area contributed by atoms with Crippen molar-refractivity contribution >= 4 is 76.2 Å². The van der Waals surface area contributed by atoms with Crippen LogP contribution in [-0.4, -0.2) is 164 Å². The molecule has 8 rings (SSSR count). The van der Waals surface area contributed by atoms with Crippen LogP contribution in [0.25, 0.3) is 11.6 Å². The van der Waals surface area contributed by atoms with Crippen molar-refractivity contribution in [1.29, 1.82) is 0 Å². The van der Waals surface area contributed by atoms with Gasteiger partial charge in [-0.25, -0.2) is 8.78 Å². The molecule has 452 valence electrons. The zero-order chi connectivity index (χ0) is 60.7. The van der Waals surface area contributed by atoms with E-state index >= 15 is 8.78 Å². The fourth-order valence-electron chi connectivity index (χ4n) is 13.1. The molecule has 2 aromatic carbocycles. The van der Waals surface area contributed by atoms with Crippen LogP contribution < -0.4 is 42.1 Å². The van der Waals surface area contributed by atoms with E-state index in [1.807, 2.05) is 62.4 Å². The minimum absolute atomic E-state index is 0.0262. The van der Waals surface area contributed by atoms with Crippen LogP contribution in [0.3, 0.4) is 0 Å². The van der Waals surface area contributed by atoms with Crippen LogP contribution in [0.1, 0.15) is 89.3 Å². The maximum Gasteiger partial charge on any atom is 0.245 e. The van der Waals surface area contributed by atoms with E-state index in [0.717, 1.165) is 28.3 Å². The number of nitrogens with one attached hydrogen (secondary N) is 7. The second kappa shape index (κ2) is 26.1. The third kappa shape index (κ3) is 12.6. The molecular formula is C59H72F2N8O15. The summed E-state index contributed by atoms with van der Waals surface area (Å²) < 4.78 is 52.2. The van der Waals surface area contributed by atoms with Crippen molar-refractivity contribution in [3.8, 4) is 0 Å². The first kappa shape index (κ1) is 62.5. The number of aliphatic hydroxyl groups excluding tert-OH is 2. The van der Waals surface area contributed by atoms with Gasteiger partial charge in [0.15, 0.2) is 29.1 Å². The number of para-hydroxylation sites is 1. The van der Waals surface area contributed by atoms with Gasteiger partial charge in [0.25, 0.3) is 0 Å². The maximum atomic E-state index is 17.8. The second-order valence-corrected chi connectivity index (χ2v) is 22.5. The lowest BCUT2D eigenvalue weighted by Gasteiger charge is -2.63. The molecule has 84 heavy (non-hydrogen) atoms. The molecule has 0 aromatic heterocycles. The van der Waals surface area contributed by atoms with Crippen LogP contribution in [0.4, 0.5) is 14.5 Å². The molecule has 2 aromatic rings. The average Bonchev–Trinajstić information content (AvgIpc) is 1.45. The lowest BCUT2D eigenvalue weighted by atomic mass is 9.44. The summed E-state index contributed by atoms with van der Waals surface area (Å²) in [5, 5.41) is 37.7. The number of Topliss-reactive ketones (excluding diaryl/α,β-unsaturated/α-hetero) is 1. The molecule has 0 radical (unpaired) electrons. The van der Waals surface area contributed by atoms with Crippen molar-refractivity contribution in [2.45, 2.75) is 121 Å². The van der Waals surface area contributed by atoms with Crippen molar-refractivity contribution in [3.63, 3.8) is 0 Å². The number of fused-ring (bicyclic) bond motifs is 9. The second-order valence-electron chi connectivity index (χ2n) is 22.5. The molecule has 4 aliphatic carbocycles. The molecular weight excluding hydrogens is 1100 g/mol. The number of ketones is 2. The summed E-state index contributed by atoms with van der Waals surface area (Å²) in [4.78, 5) is 130. The third-order valence-electron chi connectivity index (χ3n) is 17.2. The Morgan fingerprint density at radius 3 is 2.07 bits per heavy atom. The molecule has 2 heterocycles. The molecule has 6 aliphatic rings. The molecule has 4 fully saturated rings. The van der Waals surface area contributed by atoms with E-state index in [-0.39, 0.29) is 50.1 Å². The summed E-state index contributed by atoms with van der Waals surface area (Å²) in [6, 6.07) is 13.6.